The molecule has 5 rings (SSSR count). The Morgan fingerprint density at radius 2 is 1.61 bits per heavy atom. The predicted octanol–water partition coefficient (Wildman–Crippen LogP) is 4.68. The van der Waals surface area contributed by atoms with E-state index in [-0.39, 0.29) is 43.9 Å². The third-order valence-electron chi connectivity index (χ3n) is 6.42. The minimum Gasteiger partial charge on any atom is -0.744 e. The monoisotopic (exact) mass is 655 g/mol. The number of amides is 1. The van der Waals surface area contributed by atoms with Crippen LogP contribution in [0.4, 0.5) is 22.7 Å². The van der Waals surface area contributed by atoms with Crippen molar-refractivity contribution >= 4 is 71.3 Å². The molecule has 226 valence electrons. The maximum atomic E-state index is 13.3. The summed E-state index contributed by atoms with van der Waals surface area (Å²) >= 11 is 6.19. The summed E-state index contributed by atoms with van der Waals surface area (Å²) in [6.45, 7) is 1.49. The normalized spacial score (nSPS) is 12.2. The van der Waals surface area contributed by atoms with Crippen molar-refractivity contribution in [1.82, 2.24) is 9.78 Å². The Kier molecular flexibility index (Phi) is 7.87. The Morgan fingerprint density at radius 1 is 0.955 bits per heavy atom. The Labute approximate surface area is 254 Å². The van der Waals surface area contributed by atoms with Crippen molar-refractivity contribution in [2.24, 2.45) is 10.2 Å². The minimum atomic E-state index is -4.86. The molecule has 0 atom stereocenters. The molecule has 1 aromatic heterocycles. The number of anilines is 2. The lowest BCUT2D eigenvalue weighted by atomic mass is 10.1. The van der Waals surface area contributed by atoms with Crippen LogP contribution in [-0.4, -0.2) is 41.6 Å². The SMILES string of the molecule is Cc1[nH]n(-c2cc(S(=O)(=O)[O-])ccc2Cl)c(=O)c1N=Nc1c(NC(=O)c2ccc(N)cc2)ccc2cc(S(=O)(=O)O)ccc12. The second kappa shape index (κ2) is 11.3. The van der Waals surface area contributed by atoms with Gasteiger partial charge in [-0.05, 0) is 73.0 Å². The molecule has 0 bridgehead atoms. The number of nitrogens with two attached hydrogens (primary N) is 1. The van der Waals surface area contributed by atoms with Crippen molar-refractivity contribution in [1.29, 1.82) is 0 Å². The van der Waals surface area contributed by atoms with Crippen LogP contribution in [0.25, 0.3) is 16.5 Å². The van der Waals surface area contributed by atoms with Gasteiger partial charge < -0.3 is 15.6 Å². The van der Waals surface area contributed by atoms with E-state index in [1.54, 1.807) is 12.1 Å². The van der Waals surface area contributed by atoms with E-state index < -0.39 is 36.6 Å². The molecule has 0 saturated carbocycles. The average molecular weight is 656 g/mol. The van der Waals surface area contributed by atoms with Gasteiger partial charge in [-0.2, -0.15) is 8.42 Å². The highest BCUT2D eigenvalue weighted by atomic mass is 35.5. The van der Waals surface area contributed by atoms with Crippen molar-refractivity contribution in [2.45, 2.75) is 16.7 Å². The van der Waals surface area contributed by atoms with E-state index in [9.17, 15) is 35.5 Å². The zero-order valence-electron chi connectivity index (χ0n) is 22.3. The first-order valence-corrected chi connectivity index (χ1v) is 15.6. The molecular weight excluding hydrogens is 636 g/mol. The molecule has 0 aliphatic heterocycles. The molecule has 0 fully saturated rings. The number of hydrogen-bond donors (Lipinski definition) is 4. The summed E-state index contributed by atoms with van der Waals surface area (Å²) in [6, 6.07) is 15.8. The summed E-state index contributed by atoms with van der Waals surface area (Å²) < 4.78 is 68.4. The second-order valence-electron chi connectivity index (χ2n) is 9.39. The molecular formula is C27H20ClN6O8S2-. The molecule has 1 heterocycles. The standard InChI is InChI=1S/C27H21ClN6O8S2/c1-14-24(27(36)34(33-14)23-13-19(44(40,41)42)8-10-21(23)28)31-32-25-20-9-7-18(43(37,38)39)12-16(20)4-11-22(25)30-26(35)15-2-5-17(29)6-3-15/h2-13,33H,29H2,1H3,(H,30,35)(H,37,38,39)(H,40,41,42)/p-1. The van der Waals surface area contributed by atoms with Crippen LogP contribution < -0.4 is 16.6 Å². The highest BCUT2D eigenvalue weighted by Gasteiger charge is 2.19. The van der Waals surface area contributed by atoms with Crippen LogP contribution in [0.5, 0.6) is 0 Å². The lowest BCUT2D eigenvalue weighted by Crippen LogP contribution is -2.15. The number of aromatic amines is 1. The van der Waals surface area contributed by atoms with Crippen molar-refractivity contribution in [3.8, 4) is 5.69 Å². The number of nitrogen functional groups attached to an aromatic ring is 1. The molecule has 0 aliphatic rings. The van der Waals surface area contributed by atoms with Crippen LogP contribution in [0.3, 0.4) is 0 Å². The number of halogens is 1. The quantitative estimate of drug-likeness (QED) is 0.108. The summed E-state index contributed by atoms with van der Waals surface area (Å²) in [7, 11) is -9.39. The molecule has 44 heavy (non-hydrogen) atoms. The Bertz CT molecular complexity index is 2280. The molecule has 0 unspecified atom stereocenters. The fourth-order valence-corrected chi connectivity index (χ4v) is 5.44. The van der Waals surface area contributed by atoms with Crippen LogP contribution in [0.15, 0.2) is 97.6 Å². The zero-order valence-corrected chi connectivity index (χ0v) is 24.7. The van der Waals surface area contributed by atoms with Crippen LogP contribution in [-0.2, 0) is 20.2 Å². The predicted molar refractivity (Wildman–Crippen MR) is 161 cm³/mol. The number of nitrogens with zero attached hydrogens (tertiary/aromatic N) is 3. The van der Waals surface area contributed by atoms with E-state index in [2.05, 4.69) is 20.6 Å². The molecule has 1 amide bonds. The van der Waals surface area contributed by atoms with Crippen molar-refractivity contribution in [3.05, 3.63) is 99.4 Å². The number of azo groups is 1. The van der Waals surface area contributed by atoms with E-state index in [4.69, 9.17) is 17.3 Å². The lowest BCUT2D eigenvalue weighted by Gasteiger charge is -2.11. The van der Waals surface area contributed by atoms with Crippen LogP contribution in [0, 0.1) is 6.92 Å². The summed E-state index contributed by atoms with van der Waals surface area (Å²) in [4.78, 5) is 25.3. The number of H-pyrrole nitrogens is 1. The van der Waals surface area contributed by atoms with Gasteiger partial charge in [-0.15, -0.1) is 10.2 Å². The second-order valence-corrected chi connectivity index (χ2v) is 12.6. The van der Waals surface area contributed by atoms with Gasteiger partial charge in [0, 0.05) is 16.6 Å². The van der Waals surface area contributed by atoms with Gasteiger partial charge in [-0.25, -0.2) is 13.1 Å². The van der Waals surface area contributed by atoms with Crippen molar-refractivity contribution in [3.63, 3.8) is 0 Å². The van der Waals surface area contributed by atoms with Gasteiger partial charge in [0.2, 0.25) is 0 Å². The summed E-state index contributed by atoms with van der Waals surface area (Å²) in [5.41, 5.74) is 5.65. The van der Waals surface area contributed by atoms with Crippen LogP contribution in [0.2, 0.25) is 5.02 Å². The molecule has 4 aromatic carbocycles. The number of aryl methyl sites for hydroxylation is 1. The van der Waals surface area contributed by atoms with E-state index in [1.807, 2.05) is 0 Å². The van der Waals surface area contributed by atoms with Gasteiger partial charge >= 0.3 is 0 Å². The molecule has 0 spiro atoms. The maximum absolute atomic E-state index is 13.3. The number of nitrogens with one attached hydrogen (secondary N) is 2. The molecule has 5 N–H and O–H groups in total. The van der Waals surface area contributed by atoms with Crippen molar-refractivity contribution < 1.29 is 30.7 Å². The minimum absolute atomic E-state index is 0.0391. The first-order valence-electron chi connectivity index (χ1n) is 12.3. The summed E-state index contributed by atoms with van der Waals surface area (Å²) in [6.07, 6.45) is 0. The number of rotatable bonds is 7. The van der Waals surface area contributed by atoms with Gasteiger partial charge in [-0.1, -0.05) is 23.7 Å². The number of carbonyl (C=O) groups excluding carboxylic acids is 1. The van der Waals surface area contributed by atoms with Crippen LogP contribution >= 0.6 is 11.6 Å². The van der Waals surface area contributed by atoms with E-state index in [0.717, 1.165) is 28.9 Å². The zero-order chi connectivity index (χ0) is 32.0. The third kappa shape index (κ3) is 6.10. The van der Waals surface area contributed by atoms with Gasteiger partial charge in [0.05, 0.1) is 31.9 Å². The van der Waals surface area contributed by atoms with E-state index in [0.29, 0.717) is 16.5 Å². The molecule has 0 saturated heterocycles. The summed E-state index contributed by atoms with van der Waals surface area (Å²) in [5.74, 6) is -0.529. The molecule has 0 radical (unpaired) electrons. The Balaban J connectivity index is 1.63. The number of carbonyl (C=O) groups is 1. The first-order chi connectivity index (χ1) is 20.6. The Morgan fingerprint density at radius 3 is 2.27 bits per heavy atom. The first kappa shape index (κ1) is 30.6. The van der Waals surface area contributed by atoms with Gasteiger partial charge in [0.15, 0.2) is 5.69 Å². The molecule has 14 nitrogen and oxygen atoms in total. The van der Waals surface area contributed by atoms with E-state index in [1.165, 1.54) is 43.3 Å². The average Bonchev–Trinajstić information content (AvgIpc) is 3.23. The van der Waals surface area contributed by atoms with Gasteiger partial charge in [0.25, 0.3) is 21.6 Å². The lowest BCUT2D eigenvalue weighted by molar-refractivity contribution is 0.102. The smallest absolute Gasteiger partial charge is 0.299 e. The van der Waals surface area contributed by atoms with Crippen LogP contribution in [0.1, 0.15) is 16.1 Å². The number of fused-ring (bicyclic) bond motifs is 1. The third-order valence-corrected chi connectivity index (χ3v) is 8.42. The number of benzene rings is 4. The molecule has 5 aromatic rings. The van der Waals surface area contributed by atoms with Crippen molar-refractivity contribution in [2.75, 3.05) is 11.1 Å². The van der Waals surface area contributed by atoms with Gasteiger partial charge in [0.1, 0.15) is 15.8 Å². The number of hydrogen-bond acceptors (Lipinski definition) is 10. The van der Waals surface area contributed by atoms with Gasteiger partial charge in [-0.3, -0.25) is 19.2 Å². The molecule has 0 aliphatic carbocycles. The fraction of sp³-hybridized carbons (Fsp3) is 0.0370. The largest absolute Gasteiger partial charge is 0.744 e. The van der Waals surface area contributed by atoms with E-state index >= 15 is 0 Å². The molecule has 17 heteroatoms. The Hall–Kier alpha value is -4.87. The highest BCUT2D eigenvalue weighted by Crippen LogP contribution is 2.37. The maximum Gasteiger partial charge on any atom is 0.299 e. The topological polar surface area (TPSA) is 229 Å². The number of aromatic nitrogens is 2. The fourth-order valence-electron chi connectivity index (χ4n) is 4.23. The summed E-state index contributed by atoms with van der Waals surface area (Å²) in [5, 5.41) is 14.3. The highest BCUT2D eigenvalue weighted by molar-refractivity contribution is 7.86.